The lowest BCUT2D eigenvalue weighted by molar-refractivity contribution is -0.120. The highest BCUT2D eigenvalue weighted by Crippen LogP contribution is 2.45. The van der Waals surface area contributed by atoms with Crippen molar-refractivity contribution in [2.75, 3.05) is 23.8 Å². The number of hydrogen-bond donors (Lipinski definition) is 2. The van der Waals surface area contributed by atoms with Crippen molar-refractivity contribution in [1.82, 2.24) is 0 Å². The second-order valence-electron chi connectivity index (χ2n) is 5.81. The number of carbonyl (C=O) groups is 1. The lowest BCUT2D eigenvalue weighted by Gasteiger charge is -2.24. The van der Waals surface area contributed by atoms with Crippen molar-refractivity contribution in [3.63, 3.8) is 0 Å². The van der Waals surface area contributed by atoms with Crippen molar-refractivity contribution in [2.24, 2.45) is 11.1 Å². The molecule has 0 heterocycles. The fourth-order valence-corrected chi connectivity index (χ4v) is 2.09. The summed E-state index contributed by atoms with van der Waals surface area (Å²) in [5.41, 5.74) is 6.19. The summed E-state index contributed by atoms with van der Waals surface area (Å²) in [5, 5.41) is 2.75. The number of carbonyl (C=O) groups excluding carboxylic acids is 1. The summed E-state index contributed by atoms with van der Waals surface area (Å²) in [4.78, 5) is 13.9. The number of benzene rings is 1. The smallest absolute Gasteiger partial charge is 0.231 e. The summed E-state index contributed by atoms with van der Waals surface area (Å²) in [6.45, 7) is 4.33. The summed E-state index contributed by atoms with van der Waals surface area (Å²) < 4.78 is 14.1. The van der Waals surface area contributed by atoms with E-state index in [0.29, 0.717) is 17.9 Å². The molecule has 110 valence electrons. The Kier molecular flexibility index (Phi) is 3.99. The third-order valence-electron chi connectivity index (χ3n) is 4.09. The van der Waals surface area contributed by atoms with Crippen molar-refractivity contribution in [3.05, 3.63) is 24.0 Å². The number of hydrogen-bond acceptors (Lipinski definition) is 3. The summed E-state index contributed by atoms with van der Waals surface area (Å²) in [6, 6.07) is 4.98. The Morgan fingerprint density at radius 2 is 2.15 bits per heavy atom. The van der Waals surface area contributed by atoms with Gasteiger partial charge in [0.1, 0.15) is 5.82 Å². The lowest BCUT2D eigenvalue weighted by atomic mass is 10.1. The molecule has 1 fully saturated rings. The second kappa shape index (κ2) is 5.40. The Balaban J connectivity index is 2.11. The van der Waals surface area contributed by atoms with Crippen molar-refractivity contribution < 1.29 is 9.18 Å². The molecule has 1 saturated carbocycles. The van der Waals surface area contributed by atoms with E-state index in [0.717, 1.165) is 12.8 Å². The molecule has 20 heavy (non-hydrogen) atoms. The Labute approximate surface area is 119 Å². The average Bonchev–Trinajstić information content (AvgIpc) is 3.19. The molecular weight excluding hydrogens is 257 g/mol. The maximum absolute atomic E-state index is 14.1. The van der Waals surface area contributed by atoms with Crippen LogP contribution in [0.5, 0.6) is 0 Å². The first-order valence-corrected chi connectivity index (χ1v) is 6.93. The predicted molar refractivity (Wildman–Crippen MR) is 79.3 cm³/mol. The predicted octanol–water partition coefficient (Wildman–Crippen LogP) is 2.35. The van der Waals surface area contributed by atoms with E-state index in [4.69, 9.17) is 5.73 Å². The van der Waals surface area contributed by atoms with E-state index in [1.807, 2.05) is 25.8 Å². The minimum atomic E-state index is -0.427. The zero-order chi connectivity index (χ0) is 14.9. The minimum absolute atomic E-state index is 0.107. The fourth-order valence-electron chi connectivity index (χ4n) is 2.09. The summed E-state index contributed by atoms with van der Waals surface area (Å²) in [5.74, 6) is -0.444. The molecule has 1 aromatic rings. The molecule has 1 aliphatic rings. The molecule has 1 amide bonds. The topological polar surface area (TPSA) is 58.4 Å². The highest BCUT2D eigenvalue weighted by Gasteiger charge is 2.48. The van der Waals surface area contributed by atoms with Gasteiger partial charge >= 0.3 is 0 Å². The third-order valence-corrected chi connectivity index (χ3v) is 4.09. The molecule has 0 unspecified atom stereocenters. The monoisotopic (exact) mass is 279 g/mol. The van der Waals surface area contributed by atoms with E-state index >= 15 is 0 Å². The number of anilines is 2. The van der Waals surface area contributed by atoms with Gasteiger partial charge in [-0.25, -0.2) is 4.39 Å². The van der Waals surface area contributed by atoms with Gasteiger partial charge in [0.2, 0.25) is 5.91 Å². The molecule has 0 spiro atoms. The first kappa shape index (κ1) is 14.8. The van der Waals surface area contributed by atoms with Gasteiger partial charge in [-0.15, -0.1) is 0 Å². The zero-order valence-electron chi connectivity index (χ0n) is 12.2. The number of rotatable bonds is 5. The SMILES string of the molecule is CC(C)N(C)c1ccc(NC(=O)C2(CN)CC2)cc1F. The van der Waals surface area contributed by atoms with E-state index in [1.54, 1.807) is 12.1 Å². The van der Waals surface area contributed by atoms with E-state index in [2.05, 4.69) is 5.32 Å². The summed E-state index contributed by atoms with van der Waals surface area (Å²) >= 11 is 0. The van der Waals surface area contributed by atoms with Crippen LogP contribution in [-0.4, -0.2) is 25.5 Å². The standard InChI is InChI=1S/C15H22FN3O/c1-10(2)19(3)13-5-4-11(8-12(13)16)18-14(20)15(9-17)6-7-15/h4-5,8,10H,6-7,9,17H2,1-3H3,(H,18,20). The van der Waals surface area contributed by atoms with Crippen LogP contribution in [0.1, 0.15) is 26.7 Å². The highest BCUT2D eigenvalue weighted by atomic mass is 19.1. The van der Waals surface area contributed by atoms with Gasteiger partial charge in [-0.3, -0.25) is 4.79 Å². The van der Waals surface area contributed by atoms with Gasteiger partial charge in [0.25, 0.3) is 0 Å². The highest BCUT2D eigenvalue weighted by molar-refractivity contribution is 5.97. The molecule has 1 aliphatic carbocycles. The number of nitrogens with one attached hydrogen (secondary N) is 1. The average molecular weight is 279 g/mol. The number of nitrogens with two attached hydrogens (primary N) is 1. The molecule has 1 aromatic carbocycles. The van der Waals surface area contributed by atoms with E-state index in [9.17, 15) is 9.18 Å². The van der Waals surface area contributed by atoms with Crippen molar-refractivity contribution >= 4 is 17.3 Å². The van der Waals surface area contributed by atoms with Crippen LogP contribution in [0.25, 0.3) is 0 Å². The Morgan fingerprint density at radius 3 is 2.60 bits per heavy atom. The fraction of sp³-hybridized carbons (Fsp3) is 0.533. The Hall–Kier alpha value is -1.62. The van der Waals surface area contributed by atoms with E-state index < -0.39 is 5.41 Å². The van der Waals surface area contributed by atoms with Gasteiger partial charge in [0.15, 0.2) is 0 Å². The zero-order valence-corrected chi connectivity index (χ0v) is 12.2. The molecule has 0 atom stereocenters. The largest absolute Gasteiger partial charge is 0.370 e. The van der Waals surface area contributed by atoms with Crippen LogP contribution >= 0.6 is 0 Å². The van der Waals surface area contributed by atoms with Crippen LogP contribution < -0.4 is 16.0 Å². The van der Waals surface area contributed by atoms with Crippen molar-refractivity contribution in [2.45, 2.75) is 32.7 Å². The summed E-state index contributed by atoms with van der Waals surface area (Å²) in [6.07, 6.45) is 1.62. The number of nitrogens with zero attached hydrogens (tertiary/aromatic N) is 1. The molecule has 0 aliphatic heterocycles. The van der Waals surface area contributed by atoms with Gasteiger partial charge in [0.05, 0.1) is 11.1 Å². The van der Waals surface area contributed by atoms with Crippen LogP contribution in [0, 0.1) is 11.2 Å². The van der Waals surface area contributed by atoms with Crippen LogP contribution in [0.15, 0.2) is 18.2 Å². The maximum atomic E-state index is 14.1. The quantitative estimate of drug-likeness (QED) is 0.870. The van der Waals surface area contributed by atoms with Crippen LogP contribution in [0.4, 0.5) is 15.8 Å². The molecule has 0 radical (unpaired) electrons. The van der Waals surface area contributed by atoms with Gasteiger partial charge < -0.3 is 16.0 Å². The molecule has 0 bridgehead atoms. The first-order chi connectivity index (χ1) is 9.39. The number of amides is 1. The molecular formula is C15H22FN3O. The Bertz CT molecular complexity index is 512. The van der Waals surface area contributed by atoms with E-state index in [-0.39, 0.29) is 17.8 Å². The van der Waals surface area contributed by atoms with Gasteiger partial charge in [-0.2, -0.15) is 0 Å². The molecule has 5 heteroatoms. The molecule has 4 nitrogen and oxygen atoms in total. The first-order valence-electron chi connectivity index (χ1n) is 6.93. The van der Waals surface area contributed by atoms with Gasteiger partial charge in [-0.05, 0) is 44.9 Å². The Morgan fingerprint density at radius 1 is 1.50 bits per heavy atom. The molecule has 2 rings (SSSR count). The van der Waals surface area contributed by atoms with Gasteiger partial charge in [-0.1, -0.05) is 0 Å². The lowest BCUT2D eigenvalue weighted by Crippen LogP contribution is -2.31. The van der Waals surface area contributed by atoms with Crippen molar-refractivity contribution in [1.29, 1.82) is 0 Å². The molecule has 0 saturated heterocycles. The second-order valence-corrected chi connectivity index (χ2v) is 5.81. The molecule has 3 N–H and O–H groups in total. The third kappa shape index (κ3) is 2.77. The van der Waals surface area contributed by atoms with Crippen LogP contribution in [0.2, 0.25) is 0 Å². The van der Waals surface area contributed by atoms with Crippen LogP contribution in [0.3, 0.4) is 0 Å². The number of halogens is 1. The minimum Gasteiger partial charge on any atom is -0.370 e. The van der Waals surface area contributed by atoms with Crippen LogP contribution in [-0.2, 0) is 4.79 Å². The maximum Gasteiger partial charge on any atom is 0.231 e. The summed E-state index contributed by atoms with van der Waals surface area (Å²) in [7, 11) is 1.84. The van der Waals surface area contributed by atoms with E-state index in [1.165, 1.54) is 6.07 Å². The van der Waals surface area contributed by atoms with Crippen molar-refractivity contribution in [3.8, 4) is 0 Å². The molecule has 0 aromatic heterocycles. The van der Waals surface area contributed by atoms with Gasteiger partial charge in [0, 0.05) is 25.3 Å². The normalized spacial score (nSPS) is 16.1.